The fourth-order valence-corrected chi connectivity index (χ4v) is 5.47. The van der Waals surface area contributed by atoms with E-state index in [1.165, 1.54) is 0 Å². The van der Waals surface area contributed by atoms with Crippen molar-refractivity contribution in [3.05, 3.63) is 130 Å². The molecule has 0 unspecified atom stereocenters. The van der Waals surface area contributed by atoms with Gasteiger partial charge in [0, 0.05) is 5.92 Å². The molecule has 0 amide bonds. The second kappa shape index (κ2) is 14.3. The Hall–Kier alpha value is -4.71. The predicted molar refractivity (Wildman–Crippen MR) is 163 cm³/mol. The van der Waals surface area contributed by atoms with Gasteiger partial charge in [0.15, 0.2) is 0 Å². The van der Waals surface area contributed by atoms with E-state index >= 15 is 0 Å². The molecular weight excluding hydrogens is 528 g/mol. The smallest absolute Gasteiger partial charge is 0.338 e. The van der Waals surface area contributed by atoms with Crippen LogP contribution < -0.4 is 0 Å². The summed E-state index contributed by atoms with van der Waals surface area (Å²) < 4.78 is 16.8. The molecule has 1 aliphatic rings. The number of hydrogen-bond acceptors (Lipinski definition) is 6. The Bertz CT molecular complexity index is 1470. The summed E-state index contributed by atoms with van der Waals surface area (Å²) in [5.74, 6) is -2.29. The molecular formula is C36H36O6. The maximum Gasteiger partial charge on any atom is 0.338 e. The third-order valence-electron chi connectivity index (χ3n) is 7.16. The summed E-state index contributed by atoms with van der Waals surface area (Å²) in [5.41, 5.74) is 1.88. The second-order valence-corrected chi connectivity index (χ2v) is 9.75. The van der Waals surface area contributed by atoms with E-state index in [0.717, 1.165) is 16.7 Å². The van der Waals surface area contributed by atoms with Crippen LogP contribution in [0.1, 0.15) is 49.8 Å². The second-order valence-electron chi connectivity index (χ2n) is 9.75. The summed E-state index contributed by atoms with van der Waals surface area (Å²) in [6, 6.07) is 28.4. The van der Waals surface area contributed by atoms with Crippen molar-refractivity contribution in [1.82, 2.24) is 0 Å². The minimum atomic E-state index is -1.59. The van der Waals surface area contributed by atoms with Crippen molar-refractivity contribution in [2.45, 2.75) is 33.1 Å². The lowest BCUT2D eigenvalue weighted by Crippen LogP contribution is -2.41. The first-order chi connectivity index (χ1) is 20.4. The Morgan fingerprint density at radius 1 is 0.714 bits per heavy atom. The summed E-state index contributed by atoms with van der Waals surface area (Å²) in [6.07, 6.45) is 5.25. The molecule has 0 aromatic heterocycles. The van der Waals surface area contributed by atoms with E-state index in [1.807, 2.05) is 103 Å². The highest BCUT2D eigenvalue weighted by Gasteiger charge is 2.58. The first-order valence-corrected chi connectivity index (χ1v) is 14.3. The van der Waals surface area contributed by atoms with Gasteiger partial charge >= 0.3 is 17.9 Å². The molecule has 2 atom stereocenters. The van der Waals surface area contributed by atoms with Crippen LogP contribution in [-0.2, 0) is 28.6 Å². The van der Waals surface area contributed by atoms with E-state index in [4.69, 9.17) is 14.2 Å². The number of esters is 3. The summed E-state index contributed by atoms with van der Waals surface area (Å²) in [4.78, 5) is 41.4. The molecule has 0 bridgehead atoms. The van der Waals surface area contributed by atoms with Gasteiger partial charge in [-0.25, -0.2) is 4.79 Å². The van der Waals surface area contributed by atoms with Gasteiger partial charge in [-0.05, 0) is 54.7 Å². The SMILES string of the molecule is CCOC(=O)C/C(=C\c1ccccc1)[C@]1(C(=O)OCC)/C(=C\c2ccccc2)C(C(=O)OCC)=C[C@@H]1c1ccccc1. The number of allylic oxidation sites excluding steroid dienone is 1. The van der Waals surface area contributed by atoms with Gasteiger partial charge in [0.2, 0.25) is 0 Å². The molecule has 0 saturated heterocycles. The molecule has 1 aliphatic carbocycles. The average Bonchev–Trinajstić information content (AvgIpc) is 3.34. The zero-order chi connectivity index (χ0) is 30.0. The van der Waals surface area contributed by atoms with Crippen molar-refractivity contribution in [3.63, 3.8) is 0 Å². The average molecular weight is 565 g/mol. The molecule has 3 aromatic rings. The van der Waals surface area contributed by atoms with Gasteiger partial charge in [-0.3, -0.25) is 9.59 Å². The molecule has 6 nitrogen and oxygen atoms in total. The van der Waals surface area contributed by atoms with Crippen LogP contribution >= 0.6 is 0 Å². The van der Waals surface area contributed by atoms with Crippen LogP contribution in [0.2, 0.25) is 0 Å². The Kier molecular flexibility index (Phi) is 10.3. The number of benzene rings is 3. The van der Waals surface area contributed by atoms with Crippen molar-refractivity contribution >= 4 is 30.1 Å². The van der Waals surface area contributed by atoms with Gasteiger partial charge in [-0.2, -0.15) is 0 Å². The highest BCUT2D eigenvalue weighted by Crippen LogP contribution is 2.59. The van der Waals surface area contributed by atoms with Crippen molar-refractivity contribution < 1.29 is 28.6 Å². The standard InChI is InChI=1S/C36H36O6/c1-4-40-33(37)24-29(22-26-16-10-7-11-17-26)36(35(39)42-6-3)31(28-20-14-9-15-21-28)25-30(34(38)41-5-2)32(36)23-27-18-12-8-13-19-27/h7-23,25,31H,4-6,24H2,1-3H3/b29-22+,32-23-/t31-,36-/m1/s1. The lowest BCUT2D eigenvalue weighted by Gasteiger charge is -2.38. The van der Waals surface area contributed by atoms with Crippen molar-refractivity contribution in [2.75, 3.05) is 19.8 Å². The fraction of sp³-hybridized carbons (Fsp3) is 0.250. The first-order valence-electron chi connectivity index (χ1n) is 14.3. The molecule has 0 fully saturated rings. The van der Waals surface area contributed by atoms with E-state index in [2.05, 4.69) is 0 Å². The van der Waals surface area contributed by atoms with E-state index in [1.54, 1.807) is 26.8 Å². The Morgan fingerprint density at radius 3 is 1.83 bits per heavy atom. The first kappa shape index (κ1) is 30.3. The van der Waals surface area contributed by atoms with Crippen LogP contribution in [0.3, 0.4) is 0 Å². The molecule has 42 heavy (non-hydrogen) atoms. The number of carbonyl (C=O) groups is 3. The van der Waals surface area contributed by atoms with Crippen molar-refractivity contribution in [1.29, 1.82) is 0 Å². The summed E-state index contributed by atoms with van der Waals surface area (Å²) in [5, 5.41) is 0. The lowest BCUT2D eigenvalue weighted by atomic mass is 9.64. The Labute approximate surface area is 247 Å². The van der Waals surface area contributed by atoms with Crippen LogP contribution in [-0.4, -0.2) is 37.7 Å². The normalized spacial score (nSPS) is 19.2. The number of hydrogen-bond donors (Lipinski definition) is 0. The molecule has 216 valence electrons. The molecule has 6 heteroatoms. The van der Waals surface area contributed by atoms with Crippen LogP contribution in [0.25, 0.3) is 12.2 Å². The van der Waals surface area contributed by atoms with E-state index in [9.17, 15) is 14.4 Å². The summed E-state index contributed by atoms with van der Waals surface area (Å²) >= 11 is 0. The molecule has 4 rings (SSSR count). The molecule has 0 radical (unpaired) electrons. The molecule has 0 N–H and O–H groups in total. The number of rotatable bonds is 11. The highest BCUT2D eigenvalue weighted by molar-refractivity contribution is 6.05. The van der Waals surface area contributed by atoms with Crippen molar-refractivity contribution in [3.8, 4) is 0 Å². The Balaban J connectivity index is 2.14. The number of carbonyl (C=O) groups excluding carboxylic acids is 3. The van der Waals surface area contributed by atoms with Gasteiger partial charge in [0.1, 0.15) is 5.41 Å². The lowest BCUT2D eigenvalue weighted by molar-refractivity contribution is -0.151. The Morgan fingerprint density at radius 2 is 1.26 bits per heavy atom. The van der Waals surface area contributed by atoms with Gasteiger partial charge in [0.25, 0.3) is 0 Å². The van der Waals surface area contributed by atoms with Crippen LogP contribution in [0.5, 0.6) is 0 Å². The quantitative estimate of drug-likeness (QED) is 0.185. The van der Waals surface area contributed by atoms with E-state index < -0.39 is 29.2 Å². The van der Waals surface area contributed by atoms with Gasteiger partial charge in [-0.15, -0.1) is 0 Å². The van der Waals surface area contributed by atoms with Gasteiger partial charge < -0.3 is 14.2 Å². The summed E-state index contributed by atoms with van der Waals surface area (Å²) in [7, 11) is 0. The third-order valence-corrected chi connectivity index (χ3v) is 7.16. The van der Waals surface area contributed by atoms with E-state index in [-0.39, 0.29) is 31.8 Å². The molecule has 0 heterocycles. The maximum atomic E-state index is 14.6. The monoisotopic (exact) mass is 564 g/mol. The van der Waals surface area contributed by atoms with Crippen LogP contribution in [0, 0.1) is 5.41 Å². The number of ether oxygens (including phenoxy) is 3. The topological polar surface area (TPSA) is 78.9 Å². The van der Waals surface area contributed by atoms with Gasteiger partial charge in [-0.1, -0.05) is 103 Å². The molecule has 0 aliphatic heterocycles. The zero-order valence-electron chi connectivity index (χ0n) is 24.2. The van der Waals surface area contributed by atoms with E-state index in [0.29, 0.717) is 11.1 Å². The maximum absolute atomic E-state index is 14.6. The minimum Gasteiger partial charge on any atom is -0.466 e. The van der Waals surface area contributed by atoms with Crippen molar-refractivity contribution in [2.24, 2.45) is 5.41 Å². The van der Waals surface area contributed by atoms with Gasteiger partial charge in [0.05, 0.1) is 31.8 Å². The van der Waals surface area contributed by atoms with Crippen LogP contribution in [0.4, 0.5) is 0 Å². The largest absolute Gasteiger partial charge is 0.466 e. The zero-order valence-corrected chi connectivity index (χ0v) is 24.2. The minimum absolute atomic E-state index is 0.105. The summed E-state index contributed by atoms with van der Waals surface area (Å²) in [6.45, 7) is 5.67. The molecule has 0 saturated carbocycles. The highest BCUT2D eigenvalue weighted by atomic mass is 16.5. The molecule has 0 spiro atoms. The molecule has 3 aromatic carbocycles. The fourth-order valence-electron chi connectivity index (χ4n) is 5.47. The third kappa shape index (κ3) is 6.44. The van der Waals surface area contributed by atoms with Crippen LogP contribution in [0.15, 0.2) is 114 Å². The predicted octanol–water partition coefficient (Wildman–Crippen LogP) is 6.94.